The topological polar surface area (TPSA) is 35.2 Å². The molecule has 0 aliphatic heterocycles. The Labute approximate surface area is 94.2 Å². The van der Waals surface area contributed by atoms with Crippen LogP contribution in [0, 0.1) is 5.82 Å². The Balaban J connectivity index is 3.05. The summed E-state index contributed by atoms with van der Waals surface area (Å²) in [6.45, 7) is 2.57. The third kappa shape index (κ3) is 2.83. The maximum absolute atomic E-state index is 13.4. The van der Waals surface area contributed by atoms with E-state index in [4.69, 9.17) is 22.1 Å². The first-order valence-electron chi connectivity index (χ1n) is 4.83. The number of methoxy groups -OCH3 is 1. The largest absolute Gasteiger partial charge is 0.495 e. The van der Waals surface area contributed by atoms with Gasteiger partial charge in [0.25, 0.3) is 0 Å². The minimum Gasteiger partial charge on any atom is -0.495 e. The van der Waals surface area contributed by atoms with Gasteiger partial charge in [0.05, 0.1) is 7.11 Å². The van der Waals surface area contributed by atoms with Crippen LogP contribution in [0.1, 0.15) is 24.8 Å². The van der Waals surface area contributed by atoms with Crippen LogP contribution < -0.4 is 10.5 Å². The van der Waals surface area contributed by atoms with Gasteiger partial charge in [0.2, 0.25) is 0 Å². The van der Waals surface area contributed by atoms with Crippen LogP contribution in [0.25, 0.3) is 0 Å². The molecule has 0 aliphatic rings. The summed E-state index contributed by atoms with van der Waals surface area (Å²) in [4.78, 5) is 0. The second kappa shape index (κ2) is 5.33. The summed E-state index contributed by atoms with van der Waals surface area (Å²) in [5.74, 6) is 0.126. The molecule has 4 heteroatoms. The Morgan fingerprint density at radius 1 is 1.53 bits per heavy atom. The van der Waals surface area contributed by atoms with Gasteiger partial charge in [-0.2, -0.15) is 0 Å². The molecule has 84 valence electrons. The van der Waals surface area contributed by atoms with Crippen LogP contribution in [-0.4, -0.2) is 13.7 Å². The van der Waals surface area contributed by atoms with E-state index in [1.807, 2.05) is 6.92 Å². The summed E-state index contributed by atoms with van der Waals surface area (Å²) < 4.78 is 18.4. The van der Waals surface area contributed by atoms with Gasteiger partial charge in [0.1, 0.15) is 16.6 Å². The van der Waals surface area contributed by atoms with E-state index in [1.165, 1.54) is 13.2 Å². The summed E-state index contributed by atoms with van der Waals surface area (Å²) in [6, 6.07) is 3.19. The van der Waals surface area contributed by atoms with Gasteiger partial charge in [-0.1, -0.05) is 18.5 Å². The lowest BCUT2D eigenvalue weighted by Gasteiger charge is -2.13. The van der Waals surface area contributed by atoms with E-state index >= 15 is 0 Å². The SMILES string of the molecule is COc1cc(C(C)CCN)cc(F)c1Cl. The molecule has 0 saturated carbocycles. The van der Waals surface area contributed by atoms with Crippen LogP contribution in [0.4, 0.5) is 4.39 Å². The number of hydrogen-bond acceptors (Lipinski definition) is 2. The van der Waals surface area contributed by atoms with Crippen LogP contribution >= 0.6 is 11.6 Å². The fourth-order valence-corrected chi connectivity index (χ4v) is 1.62. The number of rotatable bonds is 4. The van der Waals surface area contributed by atoms with E-state index in [1.54, 1.807) is 6.07 Å². The number of hydrogen-bond donors (Lipinski definition) is 1. The number of benzene rings is 1. The van der Waals surface area contributed by atoms with Crippen LogP contribution in [0.5, 0.6) is 5.75 Å². The first-order chi connectivity index (χ1) is 7.10. The quantitative estimate of drug-likeness (QED) is 0.865. The molecule has 0 amide bonds. The normalized spacial score (nSPS) is 12.6. The zero-order valence-electron chi connectivity index (χ0n) is 8.89. The van der Waals surface area contributed by atoms with Crippen LogP contribution in [-0.2, 0) is 0 Å². The average molecular weight is 232 g/mol. The van der Waals surface area contributed by atoms with Crippen LogP contribution in [0.15, 0.2) is 12.1 Å². The molecule has 1 rings (SSSR count). The lowest BCUT2D eigenvalue weighted by Crippen LogP contribution is -2.05. The van der Waals surface area contributed by atoms with Crippen LogP contribution in [0.2, 0.25) is 5.02 Å². The number of halogens is 2. The van der Waals surface area contributed by atoms with E-state index in [0.29, 0.717) is 12.3 Å². The molecule has 0 heterocycles. The second-order valence-electron chi connectivity index (χ2n) is 3.50. The van der Waals surface area contributed by atoms with Crippen molar-refractivity contribution in [2.24, 2.45) is 5.73 Å². The van der Waals surface area contributed by atoms with Gasteiger partial charge in [-0.15, -0.1) is 0 Å². The van der Waals surface area contributed by atoms with Gasteiger partial charge in [-0.3, -0.25) is 0 Å². The third-order valence-electron chi connectivity index (χ3n) is 2.41. The van der Waals surface area contributed by atoms with Gasteiger partial charge in [-0.05, 0) is 36.6 Å². The molecular formula is C11H15ClFNO. The van der Waals surface area contributed by atoms with Gasteiger partial charge < -0.3 is 10.5 Å². The molecule has 1 aromatic carbocycles. The molecule has 0 saturated heterocycles. The molecule has 1 unspecified atom stereocenters. The van der Waals surface area contributed by atoms with E-state index in [2.05, 4.69) is 0 Å². The van der Waals surface area contributed by atoms with Gasteiger partial charge >= 0.3 is 0 Å². The van der Waals surface area contributed by atoms with Crippen molar-refractivity contribution in [2.45, 2.75) is 19.3 Å². The zero-order chi connectivity index (χ0) is 11.4. The average Bonchev–Trinajstić information content (AvgIpc) is 2.22. The molecule has 1 atom stereocenters. The Morgan fingerprint density at radius 2 is 2.20 bits per heavy atom. The molecule has 2 N–H and O–H groups in total. The predicted octanol–water partition coefficient (Wildman–Crippen LogP) is 2.94. The third-order valence-corrected chi connectivity index (χ3v) is 2.77. The highest BCUT2D eigenvalue weighted by molar-refractivity contribution is 6.32. The fraction of sp³-hybridized carbons (Fsp3) is 0.455. The maximum Gasteiger partial charge on any atom is 0.145 e. The summed E-state index contributed by atoms with van der Waals surface area (Å²) in [5, 5.41) is 0.0289. The van der Waals surface area contributed by atoms with Crippen molar-refractivity contribution < 1.29 is 9.13 Å². The summed E-state index contributed by atoms with van der Waals surface area (Å²) in [5.41, 5.74) is 6.31. The van der Waals surface area contributed by atoms with Crippen molar-refractivity contribution >= 4 is 11.6 Å². The Bertz CT molecular complexity index is 344. The van der Waals surface area contributed by atoms with Gasteiger partial charge in [0.15, 0.2) is 0 Å². The fourth-order valence-electron chi connectivity index (χ4n) is 1.43. The summed E-state index contributed by atoms with van der Waals surface area (Å²) >= 11 is 5.72. The zero-order valence-corrected chi connectivity index (χ0v) is 9.64. The van der Waals surface area contributed by atoms with E-state index in [0.717, 1.165) is 12.0 Å². The van der Waals surface area contributed by atoms with Crippen LogP contribution in [0.3, 0.4) is 0 Å². The molecule has 0 radical (unpaired) electrons. The van der Waals surface area contributed by atoms with Crippen molar-refractivity contribution in [3.8, 4) is 5.75 Å². The molecular weight excluding hydrogens is 217 g/mol. The Morgan fingerprint density at radius 3 is 2.73 bits per heavy atom. The molecule has 2 nitrogen and oxygen atoms in total. The summed E-state index contributed by atoms with van der Waals surface area (Å²) in [7, 11) is 1.47. The van der Waals surface area contributed by atoms with E-state index < -0.39 is 5.82 Å². The highest BCUT2D eigenvalue weighted by Gasteiger charge is 2.13. The summed E-state index contributed by atoms with van der Waals surface area (Å²) in [6.07, 6.45) is 0.810. The maximum atomic E-state index is 13.4. The van der Waals surface area contributed by atoms with E-state index in [-0.39, 0.29) is 10.9 Å². The smallest absolute Gasteiger partial charge is 0.145 e. The predicted molar refractivity (Wildman–Crippen MR) is 60.0 cm³/mol. The molecule has 1 aromatic rings. The second-order valence-corrected chi connectivity index (χ2v) is 3.88. The molecule has 15 heavy (non-hydrogen) atoms. The first kappa shape index (κ1) is 12.3. The van der Waals surface area contributed by atoms with E-state index in [9.17, 15) is 4.39 Å². The standard InChI is InChI=1S/C11H15ClFNO/c1-7(3-4-14)8-5-9(13)11(12)10(6-8)15-2/h5-7H,3-4,14H2,1-2H3. The molecule has 0 aliphatic carbocycles. The highest BCUT2D eigenvalue weighted by Crippen LogP contribution is 2.32. The lowest BCUT2D eigenvalue weighted by molar-refractivity contribution is 0.410. The van der Waals surface area contributed by atoms with Crippen molar-refractivity contribution in [1.29, 1.82) is 0 Å². The molecule has 0 fully saturated rings. The molecule has 0 bridgehead atoms. The number of ether oxygens (including phenoxy) is 1. The molecule has 0 aromatic heterocycles. The lowest BCUT2D eigenvalue weighted by atomic mass is 9.97. The highest BCUT2D eigenvalue weighted by atomic mass is 35.5. The van der Waals surface area contributed by atoms with Gasteiger partial charge in [-0.25, -0.2) is 4.39 Å². The van der Waals surface area contributed by atoms with Crippen molar-refractivity contribution in [2.75, 3.05) is 13.7 Å². The van der Waals surface area contributed by atoms with Crippen molar-refractivity contribution in [3.05, 3.63) is 28.5 Å². The van der Waals surface area contributed by atoms with Crippen molar-refractivity contribution in [3.63, 3.8) is 0 Å². The number of nitrogens with two attached hydrogens (primary N) is 1. The Kier molecular flexibility index (Phi) is 4.36. The van der Waals surface area contributed by atoms with Crippen molar-refractivity contribution in [1.82, 2.24) is 0 Å². The molecule has 0 spiro atoms. The van der Waals surface area contributed by atoms with Gasteiger partial charge in [0, 0.05) is 0 Å². The minimum absolute atomic E-state index is 0.0289. The Hall–Kier alpha value is -0.800. The first-order valence-corrected chi connectivity index (χ1v) is 5.21. The monoisotopic (exact) mass is 231 g/mol. The minimum atomic E-state index is -0.449.